The van der Waals surface area contributed by atoms with Crippen molar-refractivity contribution in [2.75, 3.05) is 28.2 Å². The lowest BCUT2D eigenvalue weighted by molar-refractivity contribution is 0.480. The van der Waals surface area contributed by atoms with Crippen molar-refractivity contribution in [2.24, 2.45) is 10.9 Å². The van der Waals surface area contributed by atoms with Gasteiger partial charge < -0.3 is 15.6 Å². The molecule has 0 rings (SSSR count). The number of hydrogen-bond acceptors (Lipinski definition) is 2. The molecular formula is C5H15IN4. The molecule has 0 aromatic carbocycles. The summed E-state index contributed by atoms with van der Waals surface area (Å²) in [6.07, 6.45) is 0. The second-order valence-electron chi connectivity index (χ2n) is 2.22. The van der Waals surface area contributed by atoms with Crippen molar-refractivity contribution < 1.29 is 0 Å². The first-order valence-electron chi connectivity index (χ1n) is 2.72. The topological polar surface area (TPSA) is 44.9 Å². The minimum absolute atomic E-state index is 0. The Morgan fingerprint density at radius 1 is 1.10 bits per heavy atom. The molecule has 0 aliphatic rings. The fourth-order valence-corrected chi connectivity index (χ4v) is 0.631. The van der Waals surface area contributed by atoms with Crippen LogP contribution in [0.2, 0.25) is 0 Å². The smallest absolute Gasteiger partial charge is 0.217 e. The van der Waals surface area contributed by atoms with Crippen LogP contribution in [0, 0.1) is 0 Å². The van der Waals surface area contributed by atoms with Crippen molar-refractivity contribution in [3.8, 4) is 0 Å². The first-order valence-corrected chi connectivity index (χ1v) is 2.72. The van der Waals surface area contributed by atoms with E-state index in [4.69, 9.17) is 5.84 Å². The van der Waals surface area contributed by atoms with Crippen LogP contribution in [0.1, 0.15) is 0 Å². The molecule has 62 valence electrons. The predicted molar refractivity (Wildman–Crippen MR) is 54.4 cm³/mol. The molecule has 0 unspecified atom stereocenters. The highest BCUT2D eigenvalue weighted by molar-refractivity contribution is 14.0. The summed E-state index contributed by atoms with van der Waals surface area (Å²) in [5.74, 6) is 5.84. The quantitative estimate of drug-likeness (QED) is 0.218. The van der Waals surface area contributed by atoms with E-state index < -0.39 is 0 Å². The summed E-state index contributed by atoms with van der Waals surface area (Å²) >= 11 is 0. The lowest BCUT2D eigenvalue weighted by atomic mass is 10.7. The third-order valence-corrected chi connectivity index (χ3v) is 0.915. The molecule has 0 heterocycles. The summed E-state index contributed by atoms with van der Waals surface area (Å²) in [6.45, 7) is 0. The lowest BCUT2D eigenvalue weighted by Crippen LogP contribution is -2.36. The summed E-state index contributed by atoms with van der Waals surface area (Å²) in [5, 5.41) is 3.56. The molecule has 0 aliphatic carbocycles. The molecule has 0 aromatic rings. The molecule has 0 fully saturated rings. The normalized spacial score (nSPS) is 7.60. The van der Waals surface area contributed by atoms with E-state index in [1.807, 2.05) is 38.0 Å². The second kappa shape index (κ2) is 5.57. The third-order valence-electron chi connectivity index (χ3n) is 0.915. The molecular weight excluding hydrogens is 243 g/mol. The summed E-state index contributed by atoms with van der Waals surface area (Å²) in [7, 11) is 7.58. The second-order valence-corrected chi connectivity index (χ2v) is 2.22. The van der Waals surface area contributed by atoms with E-state index in [0.717, 1.165) is 5.96 Å². The maximum Gasteiger partial charge on any atom is 0.217 e. The molecule has 10 heavy (non-hydrogen) atoms. The number of nitrogens with two attached hydrogens (primary N) is 1. The fraction of sp³-hybridized carbons (Fsp3) is 0.800. The van der Waals surface area contributed by atoms with Crippen LogP contribution in [-0.2, 0) is 0 Å². The summed E-state index contributed by atoms with van der Waals surface area (Å²) < 4.78 is 0. The Labute approximate surface area is 79.1 Å². The minimum Gasteiger partial charge on any atom is -0.347 e. The first-order chi connectivity index (χ1) is 4.09. The number of nitrogens with zero attached hydrogens (tertiary/aromatic N) is 3. The van der Waals surface area contributed by atoms with Gasteiger partial charge in [-0.2, -0.15) is 0 Å². The van der Waals surface area contributed by atoms with E-state index in [-0.39, 0.29) is 24.0 Å². The molecule has 0 radical (unpaired) electrons. The highest BCUT2D eigenvalue weighted by Crippen LogP contribution is 1.83. The third kappa shape index (κ3) is 3.76. The summed E-state index contributed by atoms with van der Waals surface area (Å²) in [5.41, 5.74) is 0. The molecule has 0 spiro atoms. The monoisotopic (exact) mass is 258 g/mol. The number of guanidine groups is 1. The van der Waals surface area contributed by atoms with E-state index in [0.29, 0.717) is 0 Å². The summed E-state index contributed by atoms with van der Waals surface area (Å²) in [4.78, 5) is 3.69. The van der Waals surface area contributed by atoms with Gasteiger partial charge in [0, 0.05) is 28.2 Å². The minimum atomic E-state index is 0. The van der Waals surface area contributed by atoms with Gasteiger partial charge >= 0.3 is 0 Å². The Kier molecular flexibility index (Phi) is 6.95. The maximum absolute atomic E-state index is 5.08. The van der Waals surface area contributed by atoms with Crippen LogP contribution in [0.3, 0.4) is 0 Å². The molecule has 5 heteroatoms. The molecule has 0 saturated heterocycles. The lowest BCUT2D eigenvalue weighted by Gasteiger charge is -2.20. The SMILES string of the molecule is CN(C)C(=NN)N(C)C.I. The Balaban J connectivity index is 0. The van der Waals surface area contributed by atoms with E-state index in [2.05, 4.69) is 5.10 Å². The highest BCUT2D eigenvalue weighted by atomic mass is 127. The van der Waals surface area contributed by atoms with Crippen LogP contribution >= 0.6 is 24.0 Å². The molecule has 0 aromatic heterocycles. The van der Waals surface area contributed by atoms with E-state index >= 15 is 0 Å². The van der Waals surface area contributed by atoms with E-state index in [1.165, 1.54) is 0 Å². The van der Waals surface area contributed by atoms with Gasteiger partial charge in [-0.05, 0) is 0 Å². The average Bonchev–Trinajstić information content (AvgIpc) is 1.64. The van der Waals surface area contributed by atoms with Gasteiger partial charge in [-0.15, -0.1) is 29.1 Å². The van der Waals surface area contributed by atoms with Crippen LogP contribution in [-0.4, -0.2) is 44.0 Å². The first kappa shape index (κ1) is 12.5. The van der Waals surface area contributed by atoms with Crippen molar-refractivity contribution in [1.29, 1.82) is 0 Å². The zero-order chi connectivity index (χ0) is 7.44. The van der Waals surface area contributed by atoms with E-state index in [9.17, 15) is 0 Å². The molecule has 4 nitrogen and oxygen atoms in total. The van der Waals surface area contributed by atoms with Crippen molar-refractivity contribution >= 4 is 29.9 Å². The highest BCUT2D eigenvalue weighted by Gasteiger charge is 2.00. The van der Waals surface area contributed by atoms with Gasteiger partial charge in [0.2, 0.25) is 5.96 Å². The van der Waals surface area contributed by atoms with Crippen LogP contribution in [0.4, 0.5) is 0 Å². The van der Waals surface area contributed by atoms with E-state index in [1.54, 1.807) is 0 Å². The molecule has 0 bridgehead atoms. The van der Waals surface area contributed by atoms with Crippen molar-refractivity contribution in [2.45, 2.75) is 0 Å². The van der Waals surface area contributed by atoms with Crippen molar-refractivity contribution in [1.82, 2.24) is 9.80 Å². The Bertz CT molecular complexity index is 100. The average molecular weight is 258 g/mol. The fourth-order valence-electron chi connectivity index (χ4n) is 0.631. The predicted octanol–water partition coefficient (Wildman–Crippen LogP) is -0.0427. The van der Waals surface area contributed by atoms with Gasteiger partial charge in [0.25, 0.3) is 0 Å². The van der Waals surface area contributed by atoms with Crippen LogP contribution in [0.15, 0.2) is 5.10 Å². The van der Waals surface area contributed by atoms with Gasteiger partial charge in [-0.25, -0.2) is 0 Å². The molecule has 0 atom stereocenters. The molecule has 0 amide bonds. The van der Waals surface area contributed by atoms with Gasteiger partial charge in [0.1, 0.15) is 0 Å². The molecule has 0 aliphatic heterocycles. The Morgan fingerprint density at radius 2 is 1.40 bits per heavy atom. The Hall–Kier alpha value is -0.200. The number of halogens is 1. The van der Waals surface area contributed by atoms with Gasteiger partial charge in [0.05, 0.1) is 0 Å². The standard InChI is InChI=1S/C5H14N4.HI/c1-8(2)5(7-6)9(3)4;/h6H2,1-4H3;1H. The number of hydrogen-bond donors (Lipinski definition) is 1. The van der Waals surface area contributed by atoms with Gasteiger partial charge in [0.15, 0.2) is 0 Å². The van der Waals surface area contributed by atoms with Crippen LogP contribution in [0.5, 0.6) is 0 Å². The zero-order valence-electron chi connectivity index (χ0n) is 6.83. The Morgan fingerprint density at radius 3 is 1.40 bits per heavy atom. The van der Waals surface area contributed by atoms with Crippen molar-refractivity contribution in [3.05, 3.63) is 0 Å². The zero-order valence-corrected chi connectivity index (χ0v) is 9.16. The van der Waals surface area contributed by atoms with Gasteiger partial charge in [-0.1, -0.05) is 0 Å². The molecule has 0 saturated carbocycles. The summed E-state index contributed by atoms with van der Waals surface area (Å²) in [6, 6.07) is 0. The van der Waals surface area contributed by atoms with Crippen LogP contribution < -0.4 is 5.84 Å². The number of hydrazone groups is 1. The van der Waals surface area contributed by atoms with Crippen molar-refractivity contribution in [3.63, 3.8) is 0 Å². The van der Waals surface area contributed by atoms with Crippen LogP contribution in [0.25, 0.3) is 0 Å². The van der Waals surface area contributed by atoms with Gasteiger partial charge in [-0.3, -0.25) is 0 Å². The number of rotatable bonds is 0. The molecule has 2 N–H and O–H groups in total. The maximum atomic E-state index is 5.08. The largest absolute Gasteiger partial charge is 0.347 e.